The topological polar surface area (TPSA) is 136 Å². The Labute approximate surface area is 242 Å². The highest BCUT2D eigenvalue weighted by atomic mass is 16.6. The van der Waals surface area contributed by atoms with Crippen molar-refractivity contribution in [2.75, 3.05) is 13.2 Å². The molecule has 9 heteroatoms. The Morgan fingerprint density at radius 1 is 1.10 bits per heavy atom. The molecule has 0 aromatic carbocycles. The second-order valence-electron chi connectivity index (χ2n) is 13.8. The van der Waals surface area contributed by atoms with Crippen molar-refractivity contribution in [1.29, 1.82) is 0 Å². The maximum Gasteiger partial charge on any atom is 0.407 e. The third kappa shape index (κ3) is 6.06. The molecule has 0 aliphatic heterocycles. The summed E-state index contributed by atoms with van der Waals surface area (Å²) in [6.07, 6.45) is 9.05. The normalized spacial score (nSPS) is 34.2. The second kappa shape index (κ2) is 11.5. The van der Waals surface area contributed by atoms with Crippen molar-refractivity contribution < 1.29 is 38.6 Å². The van der Waals surface area contributed by atoms with E-state index in [1.165, 1.54) is 0 Å². The lowest BCUT2D eigenvalue weighted by Crippen LogP contribution is -2.60. The summed E-state index contributed by atoms with van der Waals surface area (Å²) in [5, 5.41) is 14.4. The quantitative estimate of drug-likeness (QED) is 0.307. The van der Waals surface area contributed by atoms with Gasteiger partial charge in [0, 0.05) is 36.1 Å². The summed E-state index contributed by atoms with van der Waals surface area (Å²) in [6, 6.07) is 0. The highest BCUT2D eigenvalue weighted by Crippen LogP contribution is 2.66. The number of unbranched alkanes of at least 4 members (excludes halogenated alkanes) is 2. The molecule has 1 amide bonds. The van der Waals surface area contributed by atoms with Crippen LogP contribution in [0.1, 0.15) is 92.4 Å². The molecule has 0 aromatic heterocycles. The number of amides is 1. The minimum atomic E-state index is -1.73. The molecular formula is C32H45NO8. The van der Waals surface area contributed by atoms with Crippen LogP contribution >= 0.6 is 0 Å². The summed E-state index contributed by atoms with van der Waals surface area (Å²) >= 11 is 0. The van der Waals surface area contributed by atoms with Crippen LogP contribution in [0, 0.1) is 28.6 Å². The van der Waals surface area contributed by atoms with Crippen LogP contribution in [0.5, 0.6) is 0 Å². The highest BCUT2D eigenvalue weighted by molar-refractivity contribution is 6.02. The first-order chi connectivity index (χ1) is 19.1. The van der Waals surface area contributed by atoms with Gasteiger partial charge >= 0.3 is 12.1 Å². The van der Waals surface area contributed by atoms with Crippen molar-refractivity contribution in [2.45, 2.75) is 104 Å². The van der Waals surface area contributed by atoms with Crippen molar-refractivity contribution in [1.82, 2.24) is 5.32 Å². The predicted octanol–water partition coefficient (Wildman–Crippen LogP) is 4.40. The zero-order valence-corrected chi connectivity index (χ0v) is 25.0. The number of Topliss-reactive ketones (excluding diaryl/α,β-unsaturated/α-hetero) is 2. The van der Waals surface area contributed by atoms with E-state index in [-0.39, 0.29) is 48.6 Å². The average molecular weight is 572 g/mol. The van der Waals surface area contributed by atoms with Crippen LogP contribution in [0.4, 0.5) is 4.79 Å². The summed E-state index contributed by atoms with van der Waals surface area (Å²) in [5.74, 6) is -1.38. The first kappa shape index (κ1) is 31.1. The molecule has 0 spiro atoms. The molecule has 0 heterocycles. The summed E-state index contributed by atoms with van der Waals surface area (Å²) in [5.41, 5.74) is -2.74. The molecule has 4 aliphatic rings. The van der Waals surface area contributed by atoms with Gasteiger partial charge in [0.1, 0.15) is 17.0 Å². The molecule has 6 atom stereocenters. The van der Waals surface area contributed by atoms with E-state index in [1.54, 1.807) is 32.9 Å². The molecule has 0 bridgehead atoms. The van der Waals surface area contributed by atoms with Crippen molar-refractivity contribution in [3.63, 3.8) is 0 Å². The molecule has 0 radical (unpaired) electrons. The van der Waals surface area contributed by atoms with Crippen LogP contribution in [0.25, 0.3) is 0 Å². The van der Waals surface area contributed by atoms with Crippen molar-refractivity contribution in [2.24, 2.45) is 28.6 Å². The largest absolute Gasteiger partial charge is 0.458 e. The third-order valence-electron chi connectivity index (χ3n) is 9.96. The molecular weight excluding hydrogens is 526 g/mol. The molecule has 4 rings (SSSR count). The fraction of sp³-hybridized carbons (Fsp3) is 0.719. The van der Waals surface area contributed by atoms with Crippen LogP contribution in [0.2, 0.25) is 0 Å². The summed E-state index contributed by atoms with van der Waals surface area (Å²) in [7, 11) is 0. The Morgan fingerprint density at radius 3 is 2.54 bits per heavy atom. The molecule has 226 valence electrons. The monoisotopic (exact) mass is 571 g/mol. The van der Waals surface area contributed by atoms with Gasteiger partial charge in [-0.2, -0.15) is 0 Å². The van der Waals surface area contributed by atoms with Gasteiger partial charge in [-0.15, -0.1) is 0 Å². The molecule has 9 nitrogen and oxygen atoms in total. The van der Waals surface area contributed by atoms with Gasteiger partial charge in [-0.1, -0.05) is 31.9 Å². The van der Waals surface area contributed by atoms with E-state index in [1.807, 2.05) is 19.9 Å². The number of aliphatic hydroxyl groups is 1. The number of carbonyl (C=O) groups excluding carboxylic acids is 5. The van der Waals surface area contributed by atoms with E-state index in [9.17, 15) is 29.1 Å². The molecule has 0 saturated heterocycles. The molecule has 0 unspecified atom stereocenters. The number of hydrogen-bond acceptors (Lipinski definition) is 8. The minimum Gasteiger partial charge on any atom is -0.458 e. The number of fused-ring (bicyclic) bond motifs is 5. The summed E-state index contributed by atoms with van der Waals surface area (Å²) in [4.78, 5) is 63.0. The number of carbonyl (C=O) groups is 5. The van der Waals surface area contributed by atoms with Crippen molar-refractivity contribution >= 4 is 29.4 Å². The molecule has 3 fully saturated rings. The third-order valence-corrected chi connectivity index (χ3v) is 9.96. The van der Waals surface area contributed by atoms with Gasteiger partial charge in [-0.05, 0) is 83.3 Å². The zero-order chi connectivity index (χ0) is 30.2. The SMILES string of the molecule is CC(C)(C)OC(=O)NCCCCCC(=O)OCC(=O)[C@@]1(O)CC[C@H]2[C@@H]3CCC4=CC(=O)C=C[C@]4(C)[C@H]3C(=O)C[C@@]21C. The lowest BCUT2D eigenvalue weighted by atomic mass is 9.46. The molecule has 4 aliphatic carbocycles. The van der Waals surface area contributed by atoms with Gasteiger partial charge in [-0.25, -0.2) is 4.79 Å². The molecule has 0 aromatic rings. The number of allylic oxidation sites excluding steroid dienone is 4. The molecule has 41 heavy (non-hydrogen) atoms. The number of hydrogen-bond donors (Lipinski definition) is 2. The number of rotatable bonds is 9. The van der Waals surface area contributed by atoms with Crippen molar-refractivity contribution in [3.05, 3.63) is 23.8 Å². The number of esters is 1. The van der Waals surface area contributed by atoms with Gasteiger partial charge in [0.2, 0.25) is 5.78 Å². The minimum absolute atomic E-state index is 0.00966. The van der Waals surface area contributed by atoms with Crippen LogP contribution < -0.4 is 5.32 Å². The summed E-state index contributed by atoms with van der Waals surface area (Å²) in [6.45, 7) is 9.16. The zero-order valence-electron chi connectivity index (χ0n) is 25.0. The van der Waals surface area contributed by atoms with Crippen LogP contribution in [0.15, 0.2) is 23.8 Å². The van der Waals surface area contributed by atoms with Crippen molar-refractivity contribution in [3.8, 4) is 0 Å². The predicted molar refractivity (Wildman–Crippen MR) is 151 cm³/mol. The lowest BCUT2D eigenvalue weighted by Gasteiger charge is -2.56. The maximum atomic E-state index is 13.7. The fourth-order valence-electron chi connectivity index (χ4n) is 7.91. The summed E-state index contributed by atoms with van der Waals surface area (Å²) < 4.78 is 10.4. The smallest absolute Gasteiger partial charge is 0.407 e. The second-order valence-corrected chi connectivity index (χ2v) is 13.8. The standard InChI is InChI=1S/C32H45NO8/c1-29(2,3)41-28(38)33-16-8-6-7-9-26(37)40-19-25(36)32(39)15-13-23-22-11-10-20-17-21(34)12-14-30(20,4)27(22)24(35)18-31(23,32)5/h12,14,17,22-23,27,39H,6-11,13,15-16,18-19H2,1-5H3,(H,33,38)/t22-,23-,27+,30-,31-,32-/m0/s1. The van der Waals surface area contributed by atoms with Crippen LogP contribution in [-0.4, -0.2) is 58.9 Å². The molecule has 2 N–H and O–H groups in total. The molecule has 3 saturated carbocycles. The Kier molecular flexibility index (Phi) is 8.70. The first-order valence-corrected chi connectivity index (χ1v) is 15.0. The number of alkyl carbamates (subject to hydrolysis) is 1. The van der Waals surface area contributed by atoms with Gasteiger partial charge < -0.3 is 19.9 Å². The van der Waals surface area contributed by atoms with E-state index < -0.39 is 46.5 Å². The van der Waals surface area contributed by atoms with E-state index in [2.05, 4.69) is 5.32 Å². The fourth-order valence-corrected chi connectivity index (χ4v) is 7.91. The Hall–Kier alpha value is -2.81. The number of ketones is 3. The highest BCUT2D eigenvalue weighted by Gasteiger charge is 2.68. The van der Waals surface area contributed by atoms with Gasteiger partial charge in [0.05, 0.1) is 0 Å². The Morgan fingerprint density at radius 2 is 1.83 bits per heavy atom. The van der Waals surface area contributed by atoms with Gasteiger partial charge in [0.15, 0.2) is 12.4 Å². The van der Waals surface area contributed by atoms with Crippen LogP contribution in [-0.2, 0) is 28.7 Å². The number of ether oxygens (including phenoxy) is 2. The first-order valence-electron chi connectivity index (χ1n) is 15.0. The van der Waals surface area contributed by atoms with Crippen LogP contribution in [0.3, 0.4) is 0 Å². The number of nitrogens with one attached hydrogen (secondary N) is 1. The van der Waals surface area contributed by atoms with E-state index >= 15 is 0 Å². The lowest BCUT2D eigenvalue weighted by molar-refractivity contribution is -0.172. The maximum absolute atomic E-state index is 13.7. The Balaban J connectivity index is 1.28. The van der Waals surface area contributed by atoms with E-state index in [4.69, 9.17) is 9.47 Å². The Bertz CT molecular complexity index is 1160. The average Bonchev–Trinajstić information content (AvgIpc) is 3.14. The van der Waals surface area contributed by atoms with E-state index in [0.29, 0.717) is 38.6 Å². The van der Waals surface area contributed by atoms with Gasteiger partial charge in [0.25, 0.3) is 0 Å². The van der Waals surface area contributed by atoms with Gasteiger partial charge in [-0.3, -0.25) is 19.2 Å². The van der Waals surface area contributed by atoms with E-state index in [0.717, 1.165) is 12.0 Å².